The Balaban J connectivity index is 2.18. The number of hydrogen-bond donors (Lipinski definition) is 1. The maximum atomic E-state index is 12.5. The standard InChI is InChI=1S/C14H19NO5S/c1-20-13(11-6-3-2-4-7-11)10-21(18,19)15-9-5-8-12(15)14(16)17/h2-4,6-7,12-13H,5,8-10H2,1H3,(H,16,17)/t12-,13?/m0/s1. The lowest BCUT2D eigenvalue weighted by Crippen LogP contribution is -2.42. The smallest absolute Gasteiger partial charge is 0.322 e. The van der Waals surface area contributed by atoms with Crippen molar-refractivity contribution in [1.29, 1.82) is 0 Å². The van der Waals surface area contributed by atoms with E-state index in [2.05, 4.69) is 0 Å². The number of sulfonamides is 1. The van der Waals surface area contributed by atoms with Gasteiger partial charge in [0.05, 0.1) is 11.9 Å². The van der Waals surface area contributed by atoms with Gasteiger partial charge in [-0.2, -0.15) is 4.31 Å². The van der Waals surface area contributed by atoms with Gasteiger partial charge >= 0.3 is 5.97 Å². The van der Waals surface area contributed by atoms with E-state index in [0.717, 1.165) is 9.87 Å². The summed E-state index contributed by atoms with van der Waals surface area (Å²) in [6, 6.07) is 8.09. The molecule has 21 heavy (non-hydrogen) atoms. The van der Waals surface area contributed by atoms with Gasteiger partial charge in [0, 0.05) is 13.7 Å². The number of methoxy groups -OCH3 is 1. The second-order valence-corrected chi connectivity index (χ2v) is 6.99. The monoisotopic (exact) mass is 313 g/mol. The number of rotatable bonds is 6. The van der Waals surface area contributed by atoms with Gasteiger partial charge in [-0.1, -0.05) is 30.3 Å². The molecular formula is C14H19NO5S. The highest BCUT2D eigenvalue weighted by Crippen LogP contribution is 2.26. The van der Waals surface area contributed by atoms with E-state index in [0.29, 0.717) is 12.8 Å². The molecule has 1 unspecified atom stereocenters. The van der Waals surface area contributed by atoms with Crippen LogP contribution in [-0.4, -0.2) is 49.2 Å². The molecule has 0 radical (unpaired) electrons. The predicted molar refractivity (Wildman–Crippen MR) is 77.3 cm³/mol. The van der Waals surface area contributed by atoms with E-state index in [1.54, 1.807) is 12.1 Å². The van der Waals surface area contributed by atoms with Crippen LogP contribution in [0.25, 0.3) is 0 Å². The molecule has 1 saturated heterocycles. The Labute approximate surface area is 124 Å². The number of carbonyl (C=O) groups is 1. The number of carboxylic acid groups (broad SMARTS) is 1. The highest BCUT2D eigenvalue weighted by atomic mass is 32.2. The molecule has 1 aromatic carbocycles. The molecule has 1 aliphatic rings. The average molecular weight is 313 g/mol. The van der Waals surface area contributed by atoms with E-state index in [4.69, 9.17) is 9.84 Å². The summed E-state index contributed by atoms with van der Waals surface area (Å²) in [5, 5.41) is 9.12. The molecule has 2 atom stereocenters. The van der Waals surface area contributed by atoms with Crippen LogP contribution in [0.2, 0.25) is 0 Å². The van der Waals surface area contributed by atoms with Crippen molar-refractivity contribution in [2.75, 3.05) is 19.4 Å². The molecule has 0 saturated carbocycles. The minimum atomic E-state index is -3.69. The summed E-state index contributed by atoms with van der Waals surface area (Å²) in [7, 11) is -2.24. The Morgan fingerprint density at radius 3 is 2.67 bits per heavy atom. The van der Waals surface area contributed by atoms with E-state index in [9.17, 15) is 13.2 Å². The molecule has 1 fully saturated rings. The Hall–Kier alpha value is -1.44. The molecule has 0 spiro atoms. The van der Waals surface area contributed by atoms with Crippen LogP contribution in [-0.2, 0) is 19.6 Å². The summed E-state index contributed by atoms with van der Waals surface area (Å²) in [4.78, 5) is 11.1. The summed E-state index contributed by atoms with van der Waals surface area (Å²) >= 11 is 0. The zero-order chi connectivity index (χ0) is 15.5. The third-order valence-corrected chi connectivity index (χ3v) is 5.54. The van der Waals surface area contributed by atoms with Gasteiger partial charge in [-0.15, -0.1) is 0 Å². The van der Waals surface area contributed by atoms with E-state index < -0.39 is 28.1 Å². The zero-order valence-corrected chi connectivity index (χ0v) is 12.6. The van der Waals surface area contributed by atoms with Crippen molar-refractivity contribution in [2.45, 2.75) is 25.0 Å². The minimum absolute atomic E-state index is 0.253. The minimum Gasteiger partial charge on any atom is -0.480 e. The molecule has 0 bridgehead atoms. The summed E-state index contributed by atoms with van der Waals surface area (Å²) in [5.41, 5.74) is 0.759. The van der Waals surface area contributed by atoms with Gasteiger partial charge in [0.1, 0.15) is 6.04 Å². The number of benzene rings is 1. The first-order chi connectivity index (χ1) is 9.95. The van der Waals surface area contributed by atoms with E-state index in [1.807, 2.05) is 18.2 Å². The molecule has 1 heterocycles. The van der Waals surface area contributed by atoms with Crippen molar-refractivity contribution < 1.29 is 23.1 Å². The van der Waals surface area contributed by atoms with Crippen molar-refractivity contribution in [3.05, 3.63) is 35.9 Å². The van der Waals surface area contributed by atoms with Gasteiger partial charge in [0.2, 0.25) is 10.0 Å². The number of nitrogens with zero attached hydrogens (tertiary/aromatic N) is 1. The highest BCUT2D eigenvalue weighted by molar-refractivity contribution is 7.89. The first-order valence-electron chi connectivity index (χ1n) is 6.76. The van der Waals surface area contributed by atoms with Gasteiger partial charge < -0.3 is 9.84 Å². The molecule has 1 N–H and O–H groups in total. The maximum absolute atomic E-state index is 12.5. The largest absolute Gasteiger partial charge is 0.480 e. The predicted octanol–water partition coefficient (Wildman–Crippen LogP) is 1.25. The van der Waals surface area contributed by atoms with Crippen LogP contribution < -0.4 is 0 Å². The summed E-state index contributed by atoms with van der Waals surface area (Å²) in [6.07, 6.45) is 0.322. The second kappa shape index (κ2) is 6.55. The van der Waals surface area contributed by atoms with Crippen molar-refractivity contribution in [3.8, 4) is 0 Å². The van der Waals surface area contributed by atoms with Crippen LogP contribution in [0.4, 0.5) is 0 Å². The lowest BCUT2D eigenvalue weighted by molar-refractivity contribution is -0.140. The van der Waals surface area contributed by atoms with Gasteiger partial charge in [-0.25, -0.2) is 8.42 Å². The van der Waals surface area contributed by atoms with Gasteiger partial charge in [-0.05, 0) is 18.4 Å². The van der Waals surface area contributed by atoms with Crippen LogP contribution in [0.3, 0.4) is 0 Å². The first-order valence-corrected chi connectivity index (χ1v) is 8.36. The zero-order valence-electron chi connectivity index (χ0n) is 11.8. The molecule has 0 aliphatic carbocycles. The second-order valence-electron chi connectivity index (χ2n) is 5.02. The van der Waals surface area contributed by atoms with Crippen LogP contribution in [0.1, 0.15) is 24.5 Å². The topological polar surface area (TPSA) is 83.9 Å². The van der Waals surface area contributed by atoms with Crippen molar-refractivity contribution in [3.63, 3.8) is 0 Å². The fraction of sp³-hybridized carbons (Fsp3) is 0.500. The summed E-state index contributed by atoms with van der Waals surface area (Å²) in [6.45, 7) is 0.254. The van der Waals surface area contributed by atoms with E-state index in [-0.39, 0.29) is 12.3 Å². The van der Waals surface area contributed by atoms with Crippen molar-refractivity contribution >= 4 is 16.0 Å². The third kappa shape index (κ3) is 3.61. The van der Waals surface area contributed by atoms with Crippen LogP contribution in [0.5, 0.6) is 0 Å². The van der Waals surface area contributed by atoms with Gasteiger partial charge in [0.15, 0.2) is 0 Å². The Bertz CT molecular complexity index is 587. The Morgan fingerprint density at radius 1 is 1.43 bits per heavy atom. The van der Waals surface area contributed by atoms with Crippen LogP contribution in [0, 0.1) is 0 Å². The van der Waals surface area contributed by atoms with Crippen molar-refractivity contribution in [1.82, 2.24) is 4.31 Å². The molecular weight excluding hydrogens is 294 g/mol. The molecule has 1 aromatic rings. The van der Waals surface area contributed by atoms with Crippen molar-refractivity contribution in [2.24, 2.45) is 0 Å². The molecule has 7 heteroatoms. The normalized spacial score (nSPS) is 21.3. The molecule has 0 amide bonds. The fourth-order valence-corrected chi connectivity index (χ4v) is 4.47. The average Bonchev–Trinajstić information content (AvgIpc) is 2.96. The number of ether oxygens (including phenoxy) is 1. The number of hydrogen-bond acceptors (Lipinski definition) is 4. The SMILES string of the molecule is COC(CS(=O)(=O)N1CCC[C@H]1C(=O)O)c1ccccc1. The molecule has 116 valence electrons. The third-order valence-electron chi connectivity index (χ3n) is 3.66. The highest BCUT2D eigenvalue weighted by Gasteiger charge is 2.39. The lowest BCUT2D eigenvalue weighted by atomic mass is 10.1. The quantitative estimate of drug-likeness (QED) is 0.854. The van der Waals surface area contributed by atoms with E-state index in [1.165, 1.54) is 7.11 Å². The Kier molecular flexibility index (Phi) is 4.97. The Morgan fingerprint density at radius 2 is 2.10 bits per heavy atom. The maximum Gasteiger partial charge on any atom is 0.322 e. The molecule has 0 aromatic heterocycles. The first kappa shape index (κ1) is 15.9. The van der Waals surface area contributed by atoms with Gasteiger partial charge in [-0.3, -0.25) is 4.79 Å². The number of carboxylic acids is 1. The fourth-order valence-electron chi connectivity index (χ4n) is 2.57. The number of aliphatic carboxylic acids is 1. The van der Waals surface area contributed by atoms with Crippen LogP contribution >= 0.6 is 0 Å². The lowest BCUT2D eigenvalue weighted by Gasteiger charge is -2.24. The van der Waals surface area contributed by atoms with Crippen LogP contribution in [0.15, 0.2) is 30.3 Å². The van der Waals surface area contributed by atoms with Gasteiger partial charge in [0.25, 0.3) is 0 Å². The molecule has 6 nitrogen and oxygen atoms in total. The summed E-state index contributed by atoms with van der Waals surface area (Å²) in [5.74, 6) is -1.35. The molecule has 2 rings (SSSR count). The van der Waals surface area contributed by atoms with E-state index >= 15 is 0 Å². The summed E-state index contributed by atoms with van der Waals surface area (Å²) < 4.78 is 31.3. The molecule has 1 aliphatic heterocycles.